The zero-order chi connectivity index (χ0) is 29.6. The van der Waals surface area contributed by atoms with E-state index < -0.39 is 5.97 Å². The maximum Gasteiger partial charge on any atom is 0.303 e. The van der Waals surface area contributed by atoms with Crippen molar-refractivity contribution in [2.45, 2.75) is 70.5 Å². The summed E-state index contributed by atoms with van der Waals surface area (Å²) in [4.78, 5) is 34.1. The molecule has 2 saturated heterocycles. The number of hydrogen-bond donors (Lipinski definition) is 2. The number of piperazine rings is 1. The molecule has 2 aromatic carbocycles. The molecular formula is C34H48N4O4. The number of phenolic OH excluding ortho intramolecular Hbond substituents is 1. The van der Waals surface area contributed by atoms with Crippen LogP contribution in [0, 0.1) is 5.92 Å². The van der Waals surface area contributed by atoms with Crippen LogP contribution in [0.15, 0.2) is 48.5 Å². The predicted octanol–water partition coefficient (Wildman–Crippen LogP) is 4.69. The largest absolute Gasteiger partial charge is 0.508 e. The van der Waals surface area contributed by atoms with E-state index in [-0.39, 0.29) is 24.1 Å². The first-order valence-corrected chi connectivity index (χ1v) is 15.9. The highest BCUT2D eigenvalue weighted by atomic mass is 16.4. The molecule has 3 aliphatic rings. The molecule has 1 aliphatic carbocycles. The van der Waals surface area contributed by atoms with Crippen LogP contribution in [0.4, 0.5) is 0 Å². The summed E-state index contributed by atoms with van der Waals surface area (Å²) < 4.78 is 0. The smallest absolute Gasteiger partial charge is 0.303 e. The van der Waals surface area contributed by atoms with Crippen LogP contribution in [0.5, 0.6) is 5.75 Å². The molecule has 2 N–H and O–H groups in total. The number of unbranched alkanes of at least 4 members (excludes halogenated alkanes) is 1. The number of nitrogens with zero attached hydrogens (tertiary/aromatic N) is 4. The number of carbonyl (C=O) groups excluding carboxylic acids is 1. The highest BCUT2D eigenvalue weighted by Gasteiger charge is 2.37. The molecule has 0 radical (unpaired) electrons. The molecule has 1 saturated carbocycles. The molecule has 42 heavy (non-hydrogen) atoms. The molecule has 2 aromatic rings. The fourth-order valence-corrected chi connectivity index (χ4v) is 6.78. The van der Waals surface area contributed by atoms with E-state index >= 15 is 0 Å². The maximum atomic E-state index is 13.8. The standard InChI is InChI=1S/C34H48N4O4/c1-25-23-38(26(2)22-37(25)24-27-13-14-27)33(29-9-6-11-31(39)21-29)28-8-5-10-30(20-28)34(42)36-17-7-16-35(18-19-36)15-4-3-12-32(40)41/h5-6,8-11,20-21,25-27,33,39H,3-4,7,12-19,22-24H2,1-2H3,(H,40,41)/t25-,26+,33-/m1/s1. The number of aliphatic carboxylic acids is 1. The number of amides is 1. The Balaban J connectivity index is 1.31. The average molecular weight is 577 g/mol. The summed E-state index contributed by atoms with van der Waals surface area (Å²) in [6, 6.07) is 16.4. The van der Waals surface area contributed by atoms with Crippen LogP contribution in [-0.2, 0) is 4.79 Å². The minimum absolute atomic E-state index is 0.0594. The number of benzene rings is 2. The van der Waals surface area contributed by atoms with E-state index in [4.69, 9.17) is 5.11 Å². The topological polar surface area (TPSA) is 87.6 Å². The van der Waals surface area contributed by atoms with Crippen LogP contribution in [0.2, 0.25) is 0 Å². The Morgan fingerprint density at radius 3 is 2.40 bits per heavy atom. The molecule has 2 aliphatic heterocycles. The lowest BCUT2D eigenvalue weighted by Crippen LogP contribution is -2.57. The monoisotopic (exact) mass is 576 g/mol. The van der Waals surface area contributed by atoms with Gasteiger partial charge in [-0.3, -0.25) is 19.4 Å². The van der Waals surface area contributed by atoms with Gasteiger partial charge in [-0.1, -0.05) is 24.3 Å². The van der Waals surface area contributed by atoms with Gasteiger partial charge in [0.05, 0.1) is 6.04 Å². The molecule has 1 amide bonds. The van der Waals surface area contributed by atoms with Gasteiger partial charge in [-0.15, -0.1) is 0 Å². The Morgan fingerprint density at radius 2 is 1.67 bits per heavy atom. The fourth-order valence-electron chi connectivity index (χ4n) is 6.78. The van der Waals surface area contributed by atoms with Gasteiger partial charge < -0.3 is 20.0 Å². The Bertz CT molecular complexity index is 1220. The van der Waals surface area contributed by atoms with Crippen molar-refractivity contribution < 1.29 is 19.8 Å². The van der Waals surface area contributed by atoms with E-state index in [1.807, 2.05) is 29.2 Å². The Morgan fingerprint density at radius 1 is 0.905 bits per heavy atom. The molecule has 2 heterocycles. The van der Waals surface area contributed by atoms with Crippen molar-refractivity contribution in [3.8, 4) is 5.75 Å². The highest BCUT2D eigenvalue weighted by Crippen LogP contribution is 2.37. The van der Waals surface area contributed by atoms with Crippen molar-refractivity contribution in [1.82, 2.24) is 19.6 Å². The number of hydrogen-bond acceptors (Lipinski definition) is 6. The second-order valence-electron chi connectivity index (χ2n) is 12.8. The predicted molar refractivity (Wildman–Crippen MR) is 165 cm³/mol. The third-order valence-corrected chi connectivity index (χ3v) is 9.31. The highest BCUT2D eigenvalue weighted by molar-refractivity contribution is 5.94. The summed E-state index contributed by atoms with van der Waals surface area (Å²) in [5.74, 6) is 0.444. The molecule has 0 unspecified atom stereocenters. The number of carboxylic acids is 1. The second kappa shape index (κ2) is 14.0. The van der Waals surface area contributed by atoms with Gasteiger partial charge in [0.25, 0.3) is 5.91 Å². The molecule has 3 fully saturated rings. The lowest BCUT2D eigenvalue weighted by Gasteiger charge is -2.48. The molecular weight excluding hydrogens is 528 g/mol. The van der Waals surface area contributed by atoms with Crippen molar-refractivity contribution >= 4 is 11.9 Å². The van der Waals surface area contributed by atoms with Gasteiger partial charge in [-0.25, -0.2) is 0 Å². The Hall–Kier alpha value is -2.94. The normalized spacial score (nSPS) is 23.4. The molecule has 228 valence electrons. The quantitative estimate of drug-likeness (QED) is 0.376. The molecule has 0 bridgehead atoms. The van der Waals surface area contributed by atoms with E-state index in [9.17, 15) is 14.7 Å². The van der Waals surface area contributed by atoms with E-state index in [2.05, 4.69) is 46.7 Å². The van der Waals surface area contributed by atoms with Crippen molar-refractivity contribution in [2.24, 2.45) is 5.92 Å². The number of aromatic hydroxyl groups is 1. The summed E-state index contributed by atoms with van der Waals surface area (Å²) in [6.45, 7) is 11.8. The summed E-state index contributed by atoms with van der Waals surface area (Å²) in [5, 5.41) is 19.3. The van der Waals surface area contributed by atoms with Crippen LogP contribution in [0.3, 0.4) is 0 Å². The zero-order valence-electron chi connectivity index (χ0n) is 25.3. The number of rotatable bonds is 11. The van der Waals surface area contributed by atoms with Gasteiger partial charge >= 0.3 is 5.97 Å². The zero-order valence-corrected chi connectivity index (χ0v) is 25.3. The van der Waals surface area contributed by atoms with Crippen LogP contribution >= 0.6 is 0 Å². The maximum absolute atomic E-state index is 13.8. The first-order chi connectivity index (χ1) is 20.3. The fraction of sp³-hybridized carbons (Fsp3) is 0.588. The molecule has 8 nitrogen and oxygen atoms in total. The van der Waals surface area contributed by atoms with Gasteiger partial charge in [-0.2, -0.15) is 0 Å². The van der Waals surface area contributed by atoms with E-state index in [0.717, 1.165) is 69.2 Å². The van der Waals surface area contributed by atoms with Crippen molar-refractivity contribution in [1.29, 1.82) is 0 Å². The van der Waals surface area contributed by atoms with Crippen molar-refractivity contribution in [2.75, 3.05) is 52.4 Å². The van der Waals surface area contributed by atoms with Crippen molar-refractivity contribution in [3.05, 3.63) is 65.2 Å². The SMILES string of the molecule is C[C@@H]1CN([C@@H](c2cccc(O)c2)c2cccc(C(=O)N3CCCN(CCCCC(=O)O)CC3)c2)[C@@H](C)CN1CC1CC1. The third kappa shape index (κ3) is 7.91. The molecule has 5 rings (SSSR count). The Kier molecular flexibility index (Phi) is 10.2. The van der Waals surface area contributed by atoms with Crippen LogP contribution < -0.4 is 0 Å². The lowest BCUT2D eigenvalue weighted by molar-refractivity contribution is -0.137. The van der Waals surface area contributed by atoms with Gasteiger partial charge in [0.15, 0.2) is 0 Å². The molecule has 0 aromatic heterocycles. The number of carboxylic acid groups (broad SMARTS) is 1. The Labute approximate surface area is 250 Å². The minimum atomic E-state index is -0.740. The minimum Gasteiger partial charge on any atom is -0.508 e. The molecule has 8 heteroatoms. The summed E-state index contributed by atoms with van der Waals surface area (Å²) >= 11 is 0. The van der Waals surface area contributed by atoms with Gasteiger partial charge in [-0.05, 0) is 100 Å². The lowest BCUT2D eigenvalue weighted by atomic mass is 9.92. The van der Waals surface area contributed by atoms with Crippen LogP contribution in [0.1, 0.15) is 79.9 Å². The van der Waals surface area contributed by atoms with Gasteiger partial charge in [0.2, 0.25) is 0 Å². The van der Waals surface area contributed by atoms with Crippen LogP contribution in [0.25, 0.3) is 0 Å². The first-order valence-electron chi connectivity index (χ1n) is 15.9. The van der Waals surface area contributed by atoms with E-state index in [0.29, 0.717) is 30.6 Å². The van der Waals surface area contributed by atoms with Crippen LogP contribution in [-0.4, -0.2) is 106 Å². The van der Waals surface area contributed by atoms with Gasteiger partial charge in [0.1, 0.15) is 5.75 Å². The average Bonchev–Trinajstić information content (AvgIpc) is 3.81. The van der Waals surface area contributed by atoms with Gasteiger partial charge in [0, 0.05) is 63.3 Å². The summed E-state index contributed by atoms with van der Waals surface area (Å²) in [6.07, 6.45) is 5.40. The van der Waals surface area contributed by atoms with E-state index in [1.165, 1.54) is 19.4 Å². The van der Waals surface area contributed by atoms with Crippen molar-refractivity contribution in [3.63, 3.8) is 0 Å². The third-order valence-electron chi connectivity index (χ3n) is 9.31. The molecule has 0 spiro atoms. The summed E-state index contributed by atoms with van der Waals surface area (Å²) in [5.41, 5.74) is 2.83. The second-order valence-corrected chi connectivity index (χ2v) is 12.8. The first kappa shape index (κ1) is 30.5. The summed E-state index contributed by atoms with van der Waals surface area (Å²) in [7, 11) is 0. The molecule has 3 atom stereocenters. The number of carbonyl (C=O) groups is 2. The van der Waals surface area contributed by atoms with E-state index in [1.54, 1.807) is 6.07 Å². The number of phenols is 1.